The highest BCUT2D eigenvalue weighted by Gasteiger charge is 2.58. The molecule has 0 bridgehead atoms. The van der Waals surface area contributed by atoms with Crippen molar-refractivity contribution in [3.63, 3.8) is 0 Å². The fourth-order valence-electron chi connectivity index (χ4n) is 1.46. The number of carbonyl (C=O) groups is 3. The summed E-state index contributed by atoms with van der Waals surface area (Å²) in [4.78, 5) is 35.1. The zero-order valence-electron chi connectivity index (χ0n) is 14.1. The van der Waals surface area contributed by atoms with E-state index in [9.17, 15) is 36.3 Å². The van der Waals surface area contributed by atoms with Crippen LogP contribution in [0.15, 0.2) is 12.2 Å². The standard InChI is InChI=1S/C14H17F5O7/c1-8(6-23-3)10(21)26-12(2,11(22)24-4)5-9(20)25-7-13(15,16)14(17,18)19/h1,5-7H2,2-4H3. The quantitative estimate of drug-likeness (QED) is 0.256. The number of methoxy groups -OCH3 is 2. The van der Waals surface area contributed by atoms with Crippen molar-refractivity contribution in [3.8, 4) is 0 Å². The summed E-state index contributed by atoms with van der Waals surface area (Å²) in [6.07, 6.45) is -7.09. The van der Waals surface area contributed by atoms with Gasteiger partial charge in [-0.05, 0) is 6.92 Å². The predicted octanol–water partition coefficient (Wildman–Crippen LogP) is 1.79. The number of halogens is 5. The monoisotopic (exact) mass is 392 g/mol. The Morgan fingerprint density at radius 1 is 1.04 bits per heavy atom. The zero-order chi connectivity index (χ0) is 20.8. The zero-order valence-corrected chi connectivity index (χ0v) is 14.1. The molecule has 1 unspecified atom stereocenters. The van der Waals surface area contributed by atoms with Crippen LogP contribution in [0.2, 0.25) is 0 Å². The van der Waals surface area contributed by atoms with Crippen LogP contribution < -0.4 is 0 Å². The second-order valence-corrected chi connectivity index (χ2v) is 5.19. The summed E-state index contributed by atoms with van der Waals surface area (Å²) < 4.78 is 79.2. The molecule has 0 aliphatic rings. The first kappa shape index (κ1) is 23.8. The molecule has 0 aromatic rings. The highest BCUT2D eigenvalue weighted by atomic mass is 19.4. The molecule has 0 saturated carbocycles. The molecule has 1 atom stereocenters. The average Bonchev–Trinajstić information content (AvgIpc) is 2.51. The van der Waals surface area contributed by atoms with Crippen LogP contribution in [0.4, 0.5) is 22.0 Å². The van der Waals surface area contributed by atoms with Crippen molar-refractivity contribution in [1.82, 2.24) is 0 Å². The van der Waals surface area contributed by atoms with Gasteiger partial charge in [-0.3, -0.25) is 4.79 Å². The van der Waals surface area contributed by atoms with E-state index in [1.54, 1.807) is 0 Å². The molecule has 26 heavy (non-hydrogen) atoms. The number of hydrogen-bond acceptors (Lipinski definition) is 7. The lowest BCUT2D eigenvalue weighted by Crippen LogP contribution is -2.45. The van der Waals surface area contributed by atoms with Crippen molar-refractivity contribution in [3.05, 3.63) is 12.2 Å². The van der Waals surface area contributed by atoms with Crippen molar-refractivity contribution in [1.29, 1.82) is 0 Å². The van der Waals surface area contributed by atoms with Crippen molar-refractivity contribution in [2.75, 3.05) is 27.4 Å². The SMILES string of the molecule is C=C(COC)C(=O)OC(C)(CC(=O)OCC(F)(F)C(F)(F)F)C(=O)OC. The lowest BCUT2D eigenvalue weighted by atomic mass is 10.0. The van der Waals surface area contributed by atoms with Crippen LogP contribution in [-0.2, 0) is 33.3 Å². The van der Waals surface area contributed by atoms with Gasteiger partial charge in [0.25, 0.3) is 0 Å². The molecule has 12 heteroatoms. The minimum Gasteiger partial charge on any atom is -0.466 e. The van der Waals surface area contributed by atoms with Gasteiger partial charge in [0.15, 0.2) is 6.61 Å². The molecule has 0 aliphatic heterocycles. The molecule has 0 N–H and O–H groups in total. The lowest BCUT2D eigenvalue weighted by molar-refractivity contribution is -0.294. The van der Waals surface area contributed by atoms with Gasteiger partial charge in [0.1, 0.15) is 0 Å². The maximum Gasteiger partial charge on any atom is 0.456 e. The number of hydrogen-bond donors (Lipinski definition) is 0. The molecule has 0 radical (unpaired) electrons. The molecule has 0 aliphatic carbocycles. The first-order valence-electron chi connectivity index (χ1n) is 6.79. The van der Waals surface area contributed by atoms with Crippen molar-refractivity contribution >= 4 is 17.9 Å². The third kappa shape index (κ3) is 6.58. The Balaban J connectivity index is 5.11. The second-order valence-electron chi connectivity index (χ2n) is 5.19. The third-order valence-electron chi connectivity index (χ3n) is 2.85. The smallest absolute Gasteiger partial charge is 0.456 e. The van der Waals surface area contributed by atoms with Crippen molar-refractivity contribution in [2.45, 2.75) is 31.0 Å². The highest BCUT2D eigenvalue weighted by Crippen LogP contribution is 2.35. The lowest BCUT2D eigenvalue weighted by Gasteiger charge is -2.26. The van der Waals surface area contributed by atoms with Gasteiger partial charge < -0.3 is 18.9 Å². The summed E-state index contributed by atoms with van der Waals surface area (Å²) in [5.74, 6) is -9.37. The van der Waals surface area contributed by atoms with E-state index in [-0.39, 0.29) is 12.2 Å². The number of esters is 3. The van der Waals surface area contributed by atoms with Crippen LogP contribution in [0.25, 0.3) is 0 Å². The Morgan fingerprint density at radius 3 is 2.00 bits per heavy atom. The van der Waals surface area contributed by atoms with Gasteiger partial charge in [0.05, 0.1) is 25.7 Å². The number of carbonyl (C=O) groups excluding carboxylic acids is 3. The van der Waals surface area contributed by atoms with E-state index in [2.05, 4.69) is 20.8 Å². The van der Waals surface area contributed by atoms with Gasteiger partial charge in [-0.25, -0.2) is 9.59 Å². The Morgan fingerprint density at radius 2 is 1.58 bits per heavy atom. The van der Waals surface area contributed by atoms with Crippen LogP contribution in [0, 0.1) is 0 Å². The first-order valence-corrected chi connectivity index (χ1v) is 6.79. The molecule has 0 aromatic heterocycles. The molecule has 0 spiro atoms. The molecule has 0 heterocycles. The third-order valence-corrected chi connectivity index (χ3v) is 2.85. The summed E-state index contributed by atoms with van der Waals surface area (Å²) in [5.41, 5.74) is -2.59. The molecular formula is C14H17F5O7. The van der Waals surface area contributed by atoms with Gasteiger partial charge >= 0.3 is 30.0 Å². The molecule has 0 rings (SSSR count). The van der Waals surface area contributed by atoms with Crippen LogP contribution in [0.5, 0.6) is 0 Å². The Labute approximate surface area is 145 Å². The minimum atomic E-state index is -5.93. The maximum absolute atomic E-state index is 12.7. The number of rotatable bonds is 9. The molecule has 0 saturated heterocycles. The molecule has 0 aromatic carbocycles. The van der Waals surface area contributed by atoms with Gasteiger partial charge in [0, 0.05) is 7.11 Å². The van der Waals surface area contributed by atoms with Gasteiger partial charge in [-0.1, -0.05) is 6.58 Å². The molecular weight excluding hydrogens is 375 g/mol. The van der Waals surface area contributed by atoms with Crippen LogP contribution in [0.3, 0.4) is 0 Å². The van der Waals surface area contributed by atoms with E-state index in [0.717, 1.165) is 14.0 Å². The van der Waals surface area contributed by atoms with Crippen LogP contribution in [-0.4, -0.2) is 63.0 Å². The molecule has 150 valence electrons. The van der Waals surface area contributed by atoms with Crippen LogP contribution in [0.1, 0.15) is 13.3 Å². The molecule has 0 fully saturated rings. The van der Waals surface area contributed by atoms with Crippen molar-refractivity contribution < 1.29 is 55.3 Å². The van der Waals surface area contributed by atoms with E-state index in [0.29, 0.717) is 0 Å². The van der Waals surface area contributed by atoms with E-state index in [4.69, 9.17) is 4.74 Å². The Bertz CT molecular complexity index is 558. The second kappa shape index (κ2) is 8.92. The van der Waals surface area contributed by atoms with E-state index in [1.165, 1.54) is 7.11 Å². The van der Waals surface area contributed by atoms with Gasteiger partial charge in [0.2, 0.25) is 5.60 Å². The van der Waals surface area contributed by atoms with E-state index >= 15 is 0 Å². The average molecular weight is 392 g/mol. The van der Waals surface area contributed by atoms with E-state index in [1.807, 2.05) is 0 Å². The van der Waals surface area contributed by atoms with Gasteiger partial charge in [-0.15, -0.1) is 0 Å². The minimum absolute atomic E-state index is 0.250. The molecule has 0 amide bonds. The summed E-state index contributed by atoms with van der Waals surface area (Å²) in [7, 11) is 2.11. The van der Waals surface area contributed by atoms with E-state index < -0.39 is 48.6 Å². The number of alkyl halides is 5. The summed E-state index contributed by atoms with van der Waals surface area (Å²) in [6, 6.07) is 0. The normalized spacial score (nSPS) is 14.2. The largest absolute Gasteiger partial charge is 0.466 e. The fourth-order valence-corrected chi connectivity index (χ4v) is 1.46. The molecule has 7 nitrogen and oxygen atoms in total. The fraction of sp³-hybridized carbons (Fsp3) is 0.643. The Hall–Kier alpha value is -2.24. The highest BCUT2D eigenvalue weighted by molar-refractivity contribution is 5.93. The summed E-state index contributed by atoms with van der Waals surface area (Å²) in [5, 5.41) is 0. The predicted molar refractivity (Wildman–Crippen MR) is 74.1 cm³/mol. The first-order chi connectivity index (χ1) is 11.7. The maximum atomic E-state index is 12.7. The van der Waals surface area contributed by atoms with Crippen molar-refractivity contribution in [2.24, 2.45) is 0 Å². The van der Waals surface area contributed by atoms with Crippen LogP contribution >= 0.6 is 0 Å². The van der Waals surface area contributed by atoms with Gasteiger partial charge in [-0.2, -0.15) is 22.0 Å². The topological polar surface area (TPSA) is 88.1 Å². The number of ether oxygens (including phenoxy) is 4. The summed E-state index contributed by atoms with van der Waals surface area (Å²) in [6.45, 7) is 1.61. The summed E-state index contributed by atoms with van der Waals surface area (Å²) >= 11 is 0. The Kier molecular flexibility index (Phi) is 8.15.